The third-order valence-electron chi connectivity index (χ3n) is 2.97. The zero-order chi connectivity index (χ0) is 12.6. The van der Waals surface area contributed by atoms with Crippen LogP contribution in [0.15, 0.2) is 18.3 Å². The van der Waals surface area contributed by atoms with Crippen LogP contribution in [-0.4, -0.2) is 23.9 Å². The molecule has 0 fully saturated rings. The Bertz CT molecular complexity index is 587. The molecule has 2 rings (SSSR count). The van der Waals surface area contributed by atoms with Gasteiger partial charge in [-0.15, -0.1) is 0 Å². The highest BCUT2D eigenvalue weighted by atomic mass is 35.5. The van der Waals surface area contributed by atoms with Crippen LogP contribution in [0.5, 0.6) is 0 Å². The predicted molar refractivity (Wildman–Crippen MR) is 70.9 cm³/mol. The van der Waals surface area contributed by atoms with Crippen LogP contribution in [0, 0.1) is 6.92 Å². The number of Topliss-reactive ketones (excluding diaryl/α,β-unsaturated/α-hetero) is 1. The number of hydrogen-bond acceptors (Lipinski definition) is 2. The molecule has 0 saturated heterocycles. The molecule has 1 aromatic heterocycles. The molecule has 0 bridgehead atoms. The van der Waals surface area contributed by atoms with E-state index in [9.17, 15) is 4.79 Å². The average Bonchev–Trinajstić information content (AvgIpc) is 2.62. The minimum Gasteiger partial charge on any atom is -0.350 e. The molecule has 1 heterocycles. The first-order valence-corrected chi connectivity index (χ1v) is 5.86. The van der Waals surface area contributed by atoms with E-state index in [1.54, 1.807) is 7.05 Å². The molecule has 3 nitrogen and oxygen atoms in total. The number of benzene rings is 1. The Morgan fingerprint density at radius 1 is 1.47 bits per heavy atom. The van der Waals surface area contributed by atoms with Gasteiger partial charge in [0.15, 0.2) is 5.78 Å². The average molecular weight is 251 g/mol. The predicted octanol–water partition coefficient (Wildman–Crippen LogP) is 2.54. The van der Waals surface area contributed by atoms with Crippen LogP contribution in [-0.2, 0) is 7.05 Å². The Labute approximate surface area is 105 Å². The highest BCUT2D eigenvalue weighted by Gasteiger charge is 2.15. The summed E-state index contributed by atoms with van der Waals surface area (Å²) in [4.78, 5) is 12.0. The number of carbonyl (C=O) groups excluding carboxylic acids is 1. The van der Waals surface area contributed by atoms with E-state index in [0.717, 1.165) is 27.1 Å². The summed E-state index contributed by atoms with van der Waals surface area (Å²) in [7, 11) is 3.70. The van der Waals surface area contributed by atoms with Crippen LogP contribution in [0.4, 0.5) is 0 Å². The summed E-state index contributed by atoms with van der Waals surface area (Å²) in [6.07, 6.45) is 1.87. The van der Waals surface area contributed by atoms with Gasteiger partial charge in [-0.1, -0.05) is 17.7 Å². The summed E-state index contributed by atoms with van der Waals surface area (Å²) in [5, 5.41) is 4.58. The third-order valence-corrected chi connectivity index (χ3v) is 3.38. The molecular weight excluding hydrogens is 236 g/mol. The normalized spacial score (nSPS) is 11.1. The van der Waals surface area contributed by atoms with Gasteiger partial charge in [-0.05, 0) is 25.6 Å². The van der Waals surface area contributed by atoms with E-state index in [0.29, 0.717) is 6.54 Å². The van der Waals surface area contributed by atoms with Crippen LogP contribution in [0.25, 0.3) is 10.9 Å². The van der Waals surface area contributed by atoms with E-state index in [-0.39, 0.29) is 5.78 Å². The van der Waals surface area contributed by atoms with E-state index in [2.05, 4.69) is 5.32 Å². The number of aryl methyl sites for hydroxylation is 2. The van der Waals surface area contributed by atoms with E-state index in [4.69, 9.17) is 11.6 Å². The van der Waals surface area contributed by atoms with Gasteiger partial charge in [-0.3, -0.25) is 4.79 Å². The number of likely N-dealkylation sites (N-methyl/N-ethyl adjacent to an activating group) is 1. The molecule has 0 unspecified atom stereocenters. The number of hydrogen-bond donors (Lipinski definition) is 1. The van der Waals surface area contributed by atoms with Crippen molar-refractivity contribution in [3.8, 4) is 0 Å². The Kier molecular flexibility index (Phi) is 3.22. The molecule has 17 heavy (non-hydrogen) atoms. The quantitative estimate of drug-likeness (QED) is 0.850. The molecule has 0 atom stereocenters. The number of fused-ring (bicyclic) bond motifs is 1. The lowest BCUT2D eigenvalue weighted by atomic mass is 10.1. The largest absolute Gasteiger partial charge is 0.350 e. The van der Waals surface area contributed by atoms with Gasteiger partial charge in [-0.2, -0.15) is 0 Å². The molecular formula is C13H15ClN2O. The monoisotopic (exact) mass is 250 g/mol. The van der Waals surface area contributed by atoms with E-state index < -0.39 is 0 Å². The molecule has 0 aliphatic heterocycles. The lowest BCUT2D eigenvalue weighted by molar-refractivity contribution is 0.0995. The van der Waals surface area contributed by atoms with Crippen LogP contribution < -0.4 is 5.32 Å². The van der Waals surface area contributed by atoms with Crippen molar-refractivity contribution in [2.24, 2.45) is 7.05 Å². The lowest BCUT2D eigenvalue weighted by Gasteiger charge is -2.03. The smallest absolute Gasteiger partial charge is 0.178 e. The molecule has 1 N–H and O–H groups in total. The Morgan fingerprint density at radius 3 is 2.82 bits per heavy atom. The molecule has 0 spiro atoms. The number of rotatable bonds is 3. The summed E-state index contributed by atoms with van der Waals surface area (Å²) in [6, 6.07) is 3.75. The zero-order valence-corrected chi connectivity index (χ0v) is 10.9. The van der Waals surface area contributed by atoms with Gasteiger partial charge >= 0.3 is 0 Å². The van der Waals surface area contributed by atoms with E-state index in [1.165, 1.54) is 0 Å². The minimum absolute atomic E-state index is 0.0971. The lowest BCUT2D eigenvalue weighted by Crippen LogP contribution is -2.18. The number of ketones is 1. The Hall–Kier alpha value is -1.32. The number of nitrogens with zero attached hydrogens (tertiary/aromatic N) is 1. The molecule has 4 heteroatoms. The number of nitrogens with one attached hydrogen (secondary N) is 1. The molecule has 0 radical (unpaired) electrons. The van der Waals surface area contributed by atoms with Crippen LogP contribution in [0.2, 0.25) is 5.02 Å². The maximum Gasteiger partial charge on any atom is 0.178 e. The molecule has 1 aromatic carbocycles. The molecule has 2 aromatic rings. The molecule has 0 saturated carbocycles. The van der Waals surface area contributed by atoms with Gasteiger partial charge in [0.2, 0.25) is 0 Å². The summed E-state index contributed by atoms with van der Waals surface area (Å²) in [6.45, 7) is 2.32. The first kappa shape index (κ1) is 12.1. The fraction of sp³-hybridized carbons (Fsp3) is 0.308. The SMILES string of the molecule is CNCC(=O)c1cn(C)c2c(C)c(Cl)ccc12. The second-order valence-electron chi connectivity index (χ2n) is 4.18. The highest BCUT2D eigenvalue weighted by molar-refractivity contribution is 6.32. The maximum absolute atomic E-state index is 12.0. The minimum atomic E-state index is 0.0971. The van der Waals surface area contributed by atoms with Gasteiger partial charge in [0, 0.05) is 29.2 Å². The van der Waals surface area contributed by atoms with Crippen molar-refractivity contribution in [1.29, 1.82) is 0 Å². The number of aromatic nitrogens is 1. The maximum atomic E-state index is 12.0. The second-order valence-corrected chi connectivity index (χ2v) is 4.58. The third kappa shape index (κ3) is 1.96. The van der Waals surface area contributed by atoms with Crippen molar-refractivity contribution in [2.45, 2.75) is 6.92 Å². The van der Waals surface area contributed by atoms with Crippen molar-refractivity contribution in [3.05, 3.63) is 34.5 Å². The van der Waals surface area contributed by atoms with Crippen LogP contribution in [0.3, 0.4) is 0 Å². The van der Waals surface area contributed by atoms with Gasteiger partial charge in [-0.25, -0.2) is 0 Å². The first-order chi connectivity index (χ1) is 8.06. The fourth-order valence-electron chi connectivity index (χ4n) is 2.15. The Morgan fingerprint density at radius 2 is 2.18 bits per heavy atom. The standard InChI is InChI=1S/C13H15ClN2O/c1-8-11(14)5-4-9-10(12(17)6-15-2)7-16(3)13(8)9/h4-5,7,15H,6H2,1-3H3. The van der Waals surface area contributed by atoms with E-state index in [1.807, 2.05) is 36.9 Å². The topological polar surface area (TPSA) is 34.0 Å². The first-order valence-electron chi connectivity index (χ1n) is 5.48. The second kappa shape index (κ2) is 4.51. The summed E-state index contributed by atoms with van der Waals surface area (Å²) < 4.78 is 1.96. The summed E-state index contributed by atoms with van der Waals surface area (Å²) in [5.74, 6) is 0.0971. The van der Waals surface area contributed by atoms with Crippen molar-refractivity contribution in [1.82, 2.24) is 9.88 Å². The van der Waals surface area contributed by atoms with Gasteiger partial charge in [0.1, 0.15) is 0 Å². The van der Waals surface area contributed by atoms with Crippen LogP contribution >= 0.6 is 11.6 Å². The molecule has 90 valence electrons. The molecule has 0 aliphatic rings. The van der Waals surface area contributed by atoms with Crippen molar-refractivity contribution in [3.63, 3.8) is 0 Å². The van der Waals surface area contributed by atoms with Crippen LogP contribution in [0.1, 0.15) is 15.9 Å². The fourth-order valence-corrected chi connectivity index (χ4v) is 2.31. The van der Waals surface area contributed by atoms with Gasteiger partial charge in [0.25, 0.3) is 0 Å². The van der Waals surface area contributed by atoms with Gasteiger partial charge in [0.05, 0.1) is 12.1 Å². The highest BCUT2D eigenvalue weighted by Crippen LogP contribution is 2.28. The van der Waals surface area contributed by atoms with Crippen molar-refractivity contribution in [2.75, 3.05) is 13.6 Å². The van der Waals surface area contributed by atoms with E-state index >= 15 is 0 Å². The zero-order valence-electron chi connectivity index (χ0n) is 10.2. The number of halogens is 1. The van der Waals surface area contributed by atoms with Crippen molar-refractivity contribution < 1.29 is 4.79 Å². The summed E-state index contributed by atoms with van der Waals surface area (Å²) in [5.41, 5.74) is 2.78. The molecule has 0 aliphatic carbocycles. The molecule has 0 amide bonds. The van der Waals surface area contributed by atoms with Gasteiger partial charge < -0.3 is 9.88 Å². The summed E-state index contributed by atoms with van der Waals surface area (Å²) >= 11 is 6.10. The van der Waals surface area contributed by atoms with Crippen molar-refractivity contribution >= 4 is 28.3 Å². The Balaban J connectivity index is 2.68. The number of carbonyl (C=O) groups is 1.